The average Bonchev–Trinajstić information content (AvgIpc) is 2.67. The Morgan fingerprint density at radius 3 is 2.38 bits per heavy atom. The molecular formula is C10H14Cl2N4. The number of hydrogen-bond acceptors (Lipinski definition) is 3. The van der Waals surface area contributed by atoms with Crippen molar-refractivity contribution >= 4 is 24.8 Å². The molecule has 0 atom stereocenters. The fourth-order valence-corrected chi connectivity index (χ4v) is 1.32. The zero-order valence-corrected chi connectivity index (χ0v) is 10.5. The molecule has 6 heteroatoms. The first-order valence-corrected chi connectivity index (χ1v) is 4.47. The van der Waals surface area contributed by atoms with Crippen LogP contribution in [0.5, 0.6) is 0 Å². The lowest BCUT2D eigenvalue weighted by Crippen LogP contribution is -2.06. The monoisotopic (exact) mass is 260 g/mol. The summed E-state index contributed by atoms with van der Waals surface area (Å²) < 4.78 is 1.89. The molecule has 0 radical (unpaired) electrons. The largest absolute Gasteiger partial charge is 0.324 e. The molecule has 1 heterocycles. The minimum atomic E-state index is 0. The molecule has 0 aliphatic rings. The Kier molecular flexibility index (Phi) is 6.03. The van der Waals surface area contributed by atoms with Crippen molar-refractivity contribution in [1.82, 2.24) is 14.8 Å². The molecule has 2 N–H and O–H groups in total. The standard InChI is InChI=1S/C10H12N4.2ClH/c1-8-2-4-9(5-3-8)14-7-12-13-10(14)6-11;;/h2-5,7H,6,11H2,1H3;2*1H. The highest BCUT2D eigenvalue weighted by molar-refractivity contribution is 5.85. The first-order valence-electron chi connectivity index (χ1n) is 4.47. The van der Waals surface area contributed by atoms with E-state index in [1.165, 1.54) is 5.56 Å². The van der Waals surface area contributed by atoms with E-state index < -0.39 is 0 Å². The Labute approximate surface area is 107 Å². The quantitative estimate of drug-likeness (QED) is 0.897. The summed E-state index contributed by atoms with van der Waals surface area (Å²) in [6.45, 7) is 2.45. The van der Waals surface area contributed by atoms with E-state index in [0.29, 0.717) is 6.54 Å². The van der Waals surface area contributed by atoms with Crippen molar-refractivity contribution in [3.05, 3.63) is 42.0 Å². The van der Waals surface area contributed by atoms with Crippen LogP contribution in [0.15, 0.2) is 30.6 Å². The molecular weight excluding hydrogens is 247 g/mol. The van der Waals surface area contributed by atoms with Crippen molar-refractivity contribution in [3.8, 4) is 5.69 Å². The van der Waals surface area contributed by atoms with Gasteiger partial charge in [0.1, 0.15) is 6.33 Å². The number of rotatable bonds is 2. The van der Waals surface area contributed by atoms with Crippen LogP contribution in [0.1, 0.15) is 11.4 Å². The topological polar surface area (TPSA) is 56.7 Å². The number of nitrogens with two attached hydrogens (primary N) is 1. The molecule has 0 aliphatic heterocycles. The summed E-state index contributed by atoms with van der Waals surface area (Å²) >= 11 is 0. The maximum absolute atomic E-state index is 5.54. The van der Waals surface area contributed by atoms with E-state index in [0.717, 1.165) is 11.5 Å². The summed E-state index contributed by atoms with van der Waals surface area (Å²) in [5, 5.41) is 7.75. The molecule has 0 bridgehead atoms. The van der Waals surface area contributed by atoms with Gasteiger partial charge in [-0.05, 0) is 19.1 Å². The van der Waals surface area contributed by atoms with E-state index in [4.69, 9.17) is 5.73 Å². The van der Waals surface area contributed by atoms with Crippen LogP contribution in [0, 0.1) is 6.92 Å². The first-order chi connectivity index (χ1) is 6.81. The Morgan fingerprint density at radius 2 is 1.81 bits per heavy atom. The highest BCUT2D eigenvalue weighted by Gasteiger charge is 2.02. The lowest BCUT2D eigenvalue weighted by Gasteiger charge is -2.04. The molecule has 16 heavy (non-hydrogen) atoms. The Balaban J connectivity index is 0.00000112. The molecule has 0 amide bonds. The van der Waals surface area contributed by atoms with Crippen molar-refractivity contribution in [1.29, 1.82) is 0 Å². The summed E-state index contributed by atoms with van der Waals surface area (Å²) in [4.78, 5) is 0. The molecule has 1 aromatic carbocycles. The molecule has 0 saturated heterocycles. The van der Waals surface area contributed by atoms with Gasteiger partial charge in [0.05, 0.1) is 6.54 Å². The van der Waals surface area contributed by atoms with Gasteiger partial charge in [0.15, 0.2) is 5.82 Å². The van der Waals surface area contributed by atoms with Crippen LogP contribution in [-0.2, 0) is 6.54 Å². The lowest BCUT2D eigenvalue weighted by molar-refractivity contribution is 0.859. The number of benzene rings is 1. The SMILES string of the molecule is Cc1ccc(-n2cnnc2CN)cc1.Cl.Cl. The van der Waals surface area contributed by atoms with Crippen molar-refractivity contribution < 1.29 is 0 Å². The van der Waals surface area contributed by atoms with Gasteiger partial charge in [-0.3, -0.25) is 4.57 Å². The van der Waals surface area contributed by atoms with Gasteiger partial charge >= 0.3 is 0 Å². The van der Waals surface area contributed by atoms with Gasteiger partial charge in [-0.1, -0.05) is 17.7 Å². The molecule has 88 valence electrons. The van der Waals surface area contributed by atoms with Crippen LogP contribution in [0.2, 0.25) is 0 Å². The highest BCUT2D eigenvalue weighted by atomic mass is 35.5. The maximum atomic E-state index is 5.54. The van der Waals surface area contributed by atoms with Gasteiger partial charge in [0.2, 0.25) is 0 Å². The third kappa shape index (κ3) is 2.95. The van der Waals surface area contributed by atoms with E-state index >= 15 is 0 Å². The summed E-state index contributed by atoms with van der Waals surface area (Å²) in [5.74, 6) is 0.772. The fraction of sp³-hybridized carbons (Fsp3) is 0.200. The van der Waals surface area contributed by atoms with Gasteiger partial charge in [-0.2, -0.15) is 0 Å². The maximum Gasteiger partial charge on any atom is 0.151 e. The molecule has 0 unspecified atom stereocenters. The van der Waals surface area contributed by atoms with E-state index in [1.807, 2.05) is 16.7 Å². The van der Waals surface area contributed by atoms with Crippen LogP contribution in [0.3, 0.4) is 0 Å². The fourth-order valence-electron chi connectivity index (χ4n) is 1.32. The smallest absolute Gasteiger partial charge is 0.151 e. The molecule has 0 fully saturated rings. The third-order valence-corrected chi connectivity index (χ3v) is 2.11. The van der Waals surface area contributed by atoms with E-state index in [2.05, 4.69) is 29.3 Å². The predicted molar refractivity (Wildman–Crippen MR) is 68.5 cm³/mol. The number of aryl methyl sites for hydroxylation is 1. The van der Waals surface area contributed by atoms with Gasteiger partial charge in [-0.25, -0.2) is 0 Å². The van der Waals surface area contributed by atoms with Gasteiger partial charge < -0.3 is 5.73 Å². The molecule has 2 aromatic rings. The Bertz CT molecular complexity index is 425. The second kappa shape index (κ2) is 6.48. The van der Waals surface area contributed by atoms with Crippen LogP contribution in [0.25, 0.3) is 5.69 Å². The third-order valence-electron chi connectivity index (χ3n) is 2.11. The van der Waals surface area contributed by atoms with Gasteiger partial charge in [0, 0.05) is 5.69 Å². The first kappa shape index (κ1) is 14.9. The van der Waals surface area contributed by atoms with Crippen LogP contribution in [0.4, 0.5) is 0 Å². The van der Waals surface area contributed by atoms with Crippen LogP contribution >= 0.6 is 24.8 Å². The van der Waals surface area contributed by atoms with E-state index in [9.17, 15) is 0 Å². The molecule has 1 aromatic heterocycles. The normalized spacial score (nSPS) is 9.12. The van der Waals surface area contributed by atoms with E-state index in [1.54, 1.807) is 6.33 Å². The van der Waals surface area contributed by atoms with Crippen LogP contribution in [-0.4, -0.2) is 14.8 Å². The Hall–Kier alpha value is -1.10. The molecule has 0 aliphatic carbocycles. The second-order valence-electron chi connectivity index (χ2n) is 3.16. The molecule has 4 nitrogen and oxygen atoms in total. The minimum absolute atomic E-state index is 0. The lowest BCUT2D eigenvalue weighted by atomic mass is 10.2. The number of aromatic nitrogens is 3. The molecule has 2 rings (SSSR count). The summed E-state index contributed by atoms with van der Waals surface area (Å²) in [5.41, 5.74) is 7.81. The second-order valence-corrected chi connectivity index (χ2v) is 3.16. The number of nitrogens with zero attached hydrogens (tertiary/aromatic N) is 3. The van der Waals surface area contributed by atoms with Crippen molar-refractivity contribution in [2.75, 3.05) is 0 Å². The summed E-state index contributed by atoms with van der Waals surface area (Å²) in [6.07, 6.45) is 1.67. The molecule has 0 saturated carbocycles. The van der Waals surface area contributed by atoms with Crippen molar-refractivity contribution in [3.63, 3.8) is 0 Å². The Morgan fingerprint density at radius 1 is 1.19 bits per heavy atom. The average molecular weight is 261 g/mol. The zero-order chi connectivity index (χ0) is 9.97. The van der Waals surface area contributed by atoms with Gasteiger partial charge in [-0.15, -0.1) is 35.0 Å². The highest BCUT2D eigenvalue weighted by Crippen LogP contribution is 2.10. The predicted octanol–water partition coefficient (Wildman–Crippen LogP) is 1.88. The van der Waals surface area contributed by atoms with Crippen molar-refractivity contribution in [2.24, 2.45) is 5.73 Å². The number of hydrogen-bond donors (Lipinski definition) is 1. The summed E-state index contributed by atoms with van der Waals surface area (Å²) in [6, 6.07) is 8.15. The van der Waals surface area contributed by atoms with Crippen LogP contribution < -0.4 is 5.73 Å². The number of halogens is 2. The van der Waals surface area contributed by atoms with Crippen molar-refractivity contribution in [2.45, 2.75) is 13.5 Å². The molecule has 0 spiro atoms. The summed E-state index contributed by atoms with van der Waals surface area (Å²) in [7, 11) is 0. The zero-order valence-electron chi connectivity index (χ0n) is 8.83. The minimum Gasteiger partial charge on any atom is -0.324 e. The van der Waals surface area contributed by atoms with E-state index in [-0.39, 0.29) is 24.8 Å². The van der Waals surface area contributed by atoms with Gasteiger partial charge in [0.25, 0.3) is 0 Å².